The van der Waals surface area contributed by atoms with E-state index in [4.69, 9.17) is 5.11 Å². The number of unbranched alkanes of at least 4 members (excludes halogenated alkanes) is 5. The van der Waals surface area contributed by atoms with E-state index in [0.29, 0.717) is 13.0 Å². The molecule has 0 heterocycles. The van der Waals surface area contributed by atoms with Crippen molar-refractivity contribution >= 4 is 11.7 Å². The van der Waals surface area contributed by atoms with E-state index >= 15 is 0 Å². The maximum Gasteiger partial charge on any atom is 0.220 e. The number of hydrogen-bond acceptors (Lipinski definition) is 5. The fourth-order valence-electron chi connectivity index (χ4n) is 3.84. The number of aliphatic hydroxyl groups is 3. The van der Waals surface area contributed by atoms with Crippen molar-refractivity contribution in [3.63, 3.8) is 0 Å². The highest BCUT2D eigenvalue weighted by molar-refractivity contribution is 5.84. The molecular weight excluding hydrogens is 358 g/mol. The summed E-state index contributed by atoms with van der Waals surface area (Å²) in [4.78, 5) is 23.7. The molecule has 0 radical (unpaired) electrons. The highest BCUT2D eigenvalue weighted by Crippen LogP contribution is 2.34. The van der Waals surface area contributed by atoms with Gasteiger partial charge in [-0.1, -0.05) is 57.6 Å². The van der Waals surface area contributed by atoms with Crippen LogP contribution in [0.15, 0.2) is 12.2 Å². The first-order chi connectivity index (χ1) is 13.5. The molecule has 4 atom stereocenters. The first-order valence-corrected chi connectivity index (χ1v) is 10.9. The van der Waals surface area contributed by atoms with Crippen molar-refractivity contribution in [2.45, 2.75) is 89.8 Å². The van der Waals surface area contributed by atoms with Crippen molar-refractivity contribution in [2.24, 2.45) is 11.8 Å². The van der Waals surface area contributed by atoms with E-state index < -0.39 is 12.2 Å². The fraction of sp³-hybridized carbons (Fsp3) is 0.818. The van der Waals surface area contributed by atoms with Gasteiger partial charge in [0.05, 0.1) is 18.8 Å². The smallest absolute Gasteiger partial charge is 0.220 e. The maximum atomic E-state index is 12.2. The van der Waals surface area contributed by atoms with Gasteiger partial charge < -0.3 is 20.6 Å². The Hall–Kier alpha value is -1.24. The Kier molecular flexibility index (Phi) is 13.0. The van der Waals surface area contributed by atoms with Gasteiger partial charge in [-0.25, -0.2) is 0 Å². The molecule has 6 nitrogen and oxygen atoms in total. The summed E-state index contributed by atoms with van der Waals surface area (Å²) < 4.78 is 0. The summed E-state index contributed by atoms with van der Waals surface area (Å²) in [6.45, 7) is 2.38. The number of carbonyl (C=O) groups excluding carboxylic acids is 2. The lowest BCUT2D eigenvalue weighted by molar-refractivity contribution is -0.122. The predicted molar refractivity (Wildman–Crippen MR) is 110 cm³/mol. The van der Waals surface area contributed by atoms with Gasteiger partial charge >= 0.3 is 0 Å². The van der Waals surface area contributed by atoms with Crippen LogP contribution in [0.5, 0.6) is 0 Å². The van der Waals surface area contributed by atoms with E-state index in [0.717, 1.165) is 57.8 Å². The third kappa shape index (κ3) is 9.80. The third-order valence-electron chi connectivity index (χ3n) is 5.49. The van der Waals surface area contributed by atoms with Crippen LogP contribution >= 0.6 is 0 Å². The van der Waals surface area contributed by atoms with Crippen LogP contribution in [-0.4, -0.2) is 52.4 Å². The van der Waals surface area contributed by atoms with E-state index in [1.807, 2.05) is 6.08 Å². The van der Waals surface area contributed by atoms with Crippen LogP contribution in [0.1, 0.15) is 77.6 Å². The molecule has 162 valence electrons. The van der Waals surface area contributed by atoms with E-state index in [1.165, 1.54) is 0 Å². The molecule has 0 aromatic rings. The minimum absolute atomic E-state index is 0.0363. The summed E-state index contributed by atoms with van der Waals surface area (Å²) in [5.41, 5.74) is 0. The molecule has 1 fully saturated rings. The molecule has 1 aliphatic carbocycles. The second-order valence-corrected chi connectivity index (χ2v) is 7.90. The SMILES string of the molecule is CCCCCC(O)C=C[C@H]1C(O)CC(=O)C1CCCCCCC(=O)NCCO. The van der Waals surface area contributed by atoms with Gasteiger partial charge in [0.15, 0.2) is 0 Å². The molecule has 1 amide bonds. The van der Waals surface area contributed by atoms with Crippen LogP contribution in [0.25, 0.3) is 0 Å². The normalized spacial score (nSPS) is 23.4. The molecular formula is C22H39NO5. The standard InChI is InChI=1S/C22H39NO5/c1-2-3-6-9-17(25)12-13-19-18(20(26)16-21(19)27)10-7-4-5-8-11-22(28)23-14-15-24/h12-13,17-19,21,24-25,27H,2-11,14-16H2,1H3,(H,23,28)/t17?,18?,19-,21?/m1/s1. The van der Waals surface area contributed by atoms with Crippen molar-refractivity contribution in [3.8, 4) is 0 Å². The zero-order valence-electron chi connectivity index (χ0n) is 17.3. The minimum Gasteiger partial charge on any atom is -0.395 e. The summed E-state index contributed by atoms with van der Waals surface area (Å²) >= 11 is 0. The molecule has 1 aliphatic rings. The van der Waals surface area contributed by atoms with E-state index in [9.17, 15) is 19.8 Å². The molecule has 3 unspecified atom stereocenters. The van der Waals surface area contributed by atoms with Gasteiger partial charge in [-0.2, -0.15) is 0 Å². The van der Waals surface area contributed by atoms with Gasteiger partial charge in [-0.05, 0) is 19.3 Å². The van der Waals surface area contributed by atoms with Crippen molar-refractivity contribution in [1.29, 1.82) is 0 Å². The molecule has 28 heavy (non-hydrogen) atoms. The second kappa shape index (κ2) is 14.7. The molecule has 6 heteroatoms. The Morgan fingerprint density at radius 1 is 1.21 bits per heavy atom. The van der Waals surface area contributed by atoms with Crippen LogP contribution in [0.4, 0.5) is 0 Å². The van der Waals surface area contributed by atoms with Crippen molar-refractivity contribution in [3.05, 3.63) is 12.2 Å². The predicted octanol–water partition coefficient (Wildman–Crippen LogP) is 2.50. The van der Waals surface area contributed by atoms with Crippen LogP contribution in [0, 0.1) is 11.8 Å². The zero-order valence-corrected chi connectivity index (χ0v) is 17.3. The largest absolute Gasteiger partial charge is 0.395 e. The average Bonchev–Trinajstić information content (AvgIpc) is 2.94. The highest BCUT2D eigenvalue weighted by atomic mass is 16.3. The average molecular weight is 398 g/mol. The number of nitrogens with one attached hydrogen (secondary N) is 1. The first-order valence-electron chi connectivity index (χ1n) is 10.9. The van der Waals surface area contributed by atoms with Gasteiger partial charge in [-0.15, -0.1) is 0 Å². The molecule has 0 spiro atoms. The Labute approximate surface area is 169 Å². The van der Waals surface area contributed by atoms with E-state index in [1.54, 1.807) is 6.08 Å². The zero-order chi connectivity index (χ0) is 20.8. The van der Waals surface area contributed by atoms with Gasteiger partial charge in [-0.3, -0.25) is 9.59 Å². The topological polar surface area (TPSA) is 107 Å². The molecule has 0 bridgehead atoms. The quantitative estimate of drug-likeness (QED) is 0.251. The fourth-order valence-corrected chi connectivity index (χ4v) is 3.84. The van der Waals surface area contributed by atoms with Crippen molar-refractivity contribution < 1.29 is 24.9 Å². The van der Waals surface area contributed by atoms with Crippen molar-refractivity contribution in [1.82, 2.24) is 5.32 Å². The van der Waals surface area contributed by atoms with E-state index in [2.05, 4.69) is 12.2 Å². The number of hydrogen-bond donors (Lipinski definition) is 4. The summed E-state index contributed by atoms with van der Waals surface area (Å²) in [6, 6.07) is 0. The Morgan fingerprint density at radius 2 is 1.96 bits per heavy atom. The van der Waals surface area contributed by atoms with Crippen LogP contribution < -0.4 is 5.32 Å². The summed E-state index contributed by atoms with van der Waals surface area (Å²) in [5, 5.41) is 31.6. The van der Waals surface area contributed by atoms with Crippen LogP contribution in [0.2, 0.25) is 0 Å². The van der Waals surface area contributed by atoms with Crippen molar-refractivity contribution in [2.75, 3.05) is 13.2 Å². The number of carbonyl (C=O) groups is 2. The number of Topliss-reactive ketones (excluding diaryl/α,β-unsaturated/α-hetero) is 1. The molecule has 0 saturated heterocycles. The van der Waals surface area contributed by atoms with Gasteiger partial charge in [0.25, 0.3) is 0 Å². The second-order valence-electron chi connectivity index (χ2n) is 7.90. The summed E-state index contributed by atoms with van der Waals surface area (Å²) in [5.74, 6) is -0.281. The lowest BCUT2D eigenvalue weighted by Gasteiger charge is -2.18. The Bertz CT molecular complexity index is 480. The van der Waals surface area contributed by atoms with E-state index in [-0.39, 0.29) is 36.6 Å². The Balaban J connectivity index is 2.31. The monoisotopic (exact) mass is 397 g/mol. The summed E-state index contributed by atoms with van der Waals surface area (Å²) in [6.07, 6.45) is 11.3. The first kappa shape index (κ1) is 24.8. The molecule has 4 N–H and O–H groups in total. The minimum atomic E-state index is -0.646. The molecule has 0 aromatic carbocycles. The number of rotatable bonds is 15. The Morgan fingerprint density at radius 3 is 2.68 bits per heavy atom. The summed E-state index contributed by atoms with van der Waals surface area (Å²) in [7, 11) is 0. The van der Waals surface area contributed by atoms with Crippen LogP contribution in [-0.2, 0) is 9.59 Å². The van der Waals surface area contributed by atoms with Gasteiger partial charge in [0, 0.05) is 31.2 Å². The number of ketones is 1. The highest BCUT2D eigenvalue weighted by Gasteiger charge is 2.39. The third-order valence-corrected chi connectivity index (χ3v) is 5.49. The lowest BCUT2D eigenvalue weighted by Crippen LogP contribution is -2.25. The molecule has 1 saturated carbocycles. The van der Waals surface area contributed by atoms with Gasteiger partial charge in [0.1, 0.15) is 5.78 Å². The number of amides is 1. The molecule has 0 aromatic heterocycles. The maximum absolute atomic E-state index is 12.2. The number of aliphatic hydroxyl groups excluding tert-OH is 3. The molecule has 0 aliphatic heterocycles. The van der Waals surface area contributed by atoms with Gasteiger partial charge in [0.2, 0.25) is 5.91 Å². The van der Waals surface area contributed by atoms with Crippen LogP contribution in [0.3, 0.4) is 0 Å². The molecule has 1 rings (SSSR count). The lowest BCUT2D eigenvalue weighted by atomic mass is 9.88.